The first-order valence-electron chi connectivity index (χ1n) is 11.8. The highest BCUT2D eigenvalue weighted by Crippen LogP contribution is 2.28. The van der Waals surface area contributed by atoms with Gasteiger partial charge in [0.25, 0.3) is 17.7 Å². The molecular weight excluding hydrogens is 561 g/mol. The molecule has 0 saturated heterocycles. The number of thiophene rings is 1. The zero-order valence-corrected chi connectivity index (χ0v) is 22.9. The van der Waals surface area contributed by atoms with E-state index >= 15 is 0 Å². The van der Waals surface area contributed by atoms with Crippen LogP contribution in [0.5, 0.6) is 0 Å². The van der Waals surface area contributed by atoms with Crippen molar-refractivity contribution in [3.63, 3.8) is 0 Å². The first kappa shape index (κ1) is 28.1. The van der Waals surface area contributed by atoms with Gasteiger partial charge in [0.2, 0.25) is 0 Å². The summed E-state index contributed by atoms with van der Waals surface area (Å²) in [6.07, 6.45) is 0. The molecule has 3 aromatic carbocycles. The lowest BCUT2D eigenvalue weighted by Crippen LogP contribution is -2.48. The second-order valence-electron chi connectivity index (χ2n) is 8.63. The van der Waals surface area contributed by atoms with Crippen molar-refractivity contribution in [2.45, 2.75) is 19.0 Å². The van der Waals surface area contributed by atoms with E-state index < -0.39 is 29.7 Å². The number of amides is 3. The van der Waals surface area contributed by atoms with Crippen molar-refractivity contribution < 1.29 is 24.3 Å². The molecule has 1 aromatic heterocycles. The molecule has 0 aliphatic heterocycles. The second kappa shape index (κ2) is 12.3. The van der Waals surface area contributed by atoms with Crippen molar-refractivity contribution in [3.05, 3.63) is 104 Å². The van der Waals surface area contributed by atoms with Crippen molar-refractivity contribution in [2.75, 3.05) is 6.54 Å². The summed E-state index contributed by atoms with van der Waals surface area (Å²) in [5, 5.41) is 20.7. The number of halogens is 2. The van der Waals surface area contributed by atoms with Crippen LogP contribution in [0.25, 0.3) is 10.8 Å². The standard InChI is InChI=1S/C28H23Cl2N3O5S/c1-15(18-9-4-7-16-6-2-3-8-19(16)18)32-25(34)17-12-20(29)24(21(30)13-17)27(36)33-22(28(37)38)14-31-26(35)23-10-5-11-39-23/h2-13,15,22H,14H2,1H3,(H,31,35)(H,32,34)(H,33,36)(H,37,38)/t15-,22+/m1/s1. The number of fused-ring (bicyclic) bond motifs is 1. The van der Waals surface area contributed by atoms with Gasteiger partial charge in [0.15, 0.2) is 0 Å². The lowest BCUT2D eigenvalue weighted by molar-refractivity contribution is -0.139. The Morgan fingerprint density at radius 1 is 0.872 bits per heavy atom. The van der Waals surface area contributed by atoms with Crippen LogP contribution in [0.1, 0.15) is 48.9 Å². The molecular formula is C28H23Cl2N3O5S. The summed E-state index contributed by atoms with van der Waals surface area (Å²) < 4.78 is 0. The van der Waals surface area contributed by atoms with Crippen molar-refractivity contribution in [1.82, 2.24) is 16.0 Å². The Kier molecular flexibility index (Phi) is 8.86. The number of carboxylic acids is 1. The second-order valence-corrected chi connectivity index (χ2v) is 10.4. The van der Waals surface area contributed by atoms with Gasteiger partial charge in [-0.3, -0.25) is 14.4 Å². The van der Waals surface area contributed by atoms with Crippen LogP contribution >= 0.6 is 34.5 Å². The van der Waals surface area contributed by atoms with Gasteiger partial charge >= 0.3 is 5.97 Å². The summed E-state index contributed by atoms with van der Waals surface area (Å²) in [5.74, 6) is -3.14. The van der Waals surface area contributed by atoms with Crippen LogP contribution in [-0.2, 0) is 4.79 Å². The minimum atomic E-state index is -1.45. The molecule has 0 saturated carbocycles. The van der Waals surface area contributed by atoms with Gasteiger partial charge in [-0.05, 0) is 46.8 Å². The number of nitrogens with one attached hydrogen (secondary N) is 3. The molecule has 0 fully saturated rings. The zero-order valence-electron chi connectivity index (χ0n) is 20.5. The van der Waals surface area contributed by atoms with E-state index in [9.17, 15) is 24.3 Å². The Morgan fingerprint density at radius 2 is 1.56 bits per heavy atom. The Hall–Kier alpha value is -3.92. The average molecular weight is 584 g/mol. The molecule has 2 atom stereocenters. The van der Waals surface area contributed by atoms with Crippen LogP contribution in [-0.4, -0.2) is 41.4 Å². The summed E-state index contributed by atoms with van der Waals surface area (Å²) in [4.78, 5) is 50.1. The monoisotopic (exact) mass is 583 g/mol. The van der Waals surface area contributed by atoms with Crippen molar-refractivity contribution in [2.24, 2.45) is 0 Å². The molecule has 0 bridgehead atoms. The van der Waals surface area contributed by atoms with Crippen molar-refractivity contribution >= 4 is 69.0 Å². The summed E-state index contributed by atoms with van der Waals surface area (Å²) >= 11 is 13.8. The number of aliphatic carboxylic acids is 1. The van der Waals surface area contributed by atoms with E-state index in [0.29, 0.717) is 4.88 Å². The lowest BCUT2D eigenvalue weighted by Gasteiger charge is -2.18. The topological polar surface area (TPSA) is 125 Å². The summed E-state index contributed by atoms with van der Waals surface area (Å²) in [6.45, 7) is 1.49. The fourth-order valence-electron chi connectivity index (χ4n) is 4.03. The highest BCUT2D eigenvalue weighted by molar-refractivity contribution is 7.12. The molecule has 39 heavy (non-hydrogen) atoms. The van der Waals surface area contributed by atoms with Crippen LogP contribution in [0.4, 0.5) is 0 Å². The van der Waals surface area contributed by atoms with Gasteiger partial charge in [-0.1, -0.05) is 71.7 Å². The van der Waals surface area contributed by atoms with E-state index in [-0.39, 0.29) is 33.8 Å². The number of benzene rings is 3. The molecule has 0 unspecified atom stereocenters. The lowest BCUT2D eigenvalue weighted by atomic mass is 9.99. The fraction of sp³-hybridized carbons (Fsp3) is 0.143. The summed E-state index contributed by atoms with van der Waals surface area (Å²) in [6, 6.07) is 17.8. The Bertz CT molecular complexity index is 1530. The summed E-state index contributed by atoms with van der Waals surface area (Å²) in [5.41, 5.74) is 0.875. The molecule has 4 N–H and O–H groups in total. The molecule has 0 radical (unpaired) electrons. The summed E-state index contributed by atoms with van der Waals surface area (Å²) in [7, 11) is 0. The van der Waals surface area contributed by atoms with E-state index in [0.717, 1.165) is 16.3 Å². The molecule has 1 heterocycles. The normalized spacial score (nSPS) is 12.4. The predicted molar refractivity (Wildman–Crippen MR) is 152 cm³/mol. The van der Waals surface area contributed by atoms with Gasteiger partial charge in [-0.2, -0.15) is 0 Å². The van der Waals surface area contributed by atoms with Gasteiger partial charge in [-0.25, -0.2) is 4.79 Å². The SMILES string of the molecule is C[C@@H](NC(=O)c1cc(Cl)c(C(=O)N[C@@H](CNC(=O)c2cccs2)C(=O)O)c(Cl)c1)c1cccc2ccccc12. The molecule has 200 valence electrons. The van der Waals surface area contributed by atoms with Gasteiger partial charge in [-0.15, -0.1) is 11.3 Å². The van der Waals surface area contributed by atoms with E-state index in [1.54, 1.807) is 17.5 Å². The maximum absolute atomic E-state index is 13.0. The average Bonchev–Trinajstić information content (AvgIpc) is 3.45. The van der Waals surface area contributed by atoms with Gasteiger partial charge in [0.05, 0.1) is 26.5 Å². The Labute approximate surface area is 237 Å². The molecule has 11 heteroatoms. The number of carbonyl (C=O) groups is 4. The number of rotatable bonds is 9. The van der Waals surface area contributed by atoms with Crippen molar-refractivity contribution in [3.8, 4) is 0 Å². The van der Waals surface area contributed by atoms with Crippen LogP contribution < -0.4 is 16.0 Å². The minimum Gasteiger partial charge on any atom is -0.480 e. The zero-order chi connectivity index (χ0) is 28.1. The molecule has 0 spiro atoms. The maximum atomic E-state index is 13.0. The Morgan fingerprint density at radius 3 is 2.23 bits per heavy atom. The van der Waals surface area contributed by atoms with E-state index in [4.69, 9.17) is 23.2 Å². The maximum Gasteiger partial charge on any atom is 0.328 e. The van der Waals surface area contributed by atoms with E-state index in [1.807, 2.05) is 49.4 Å². The minimum absolute atomic E-state index is 0.130. The third kappa shape index (κ3) is 6.57. The predicted octanol–water partition coefficient (Wildman–Crippen LogP) is 5.31. The van der Waals surface area contributed by atoms with Crippen LogP contribution in [0.15, 0.2) is 72.1 Å². The first-order chi connectivity index (χ1) is 18.7. The van der Waals surface area contributed by atoms with Crippen molar-refractivity contribution in [1.29, 1.82) is 0 Å². The number of hydrogen-bond acceptors (Lipinski definition) is 5. The van der Waals surface area contributed by atoms with Gasteiger partial charge < -0.3 is 21.1 Å². The fourth-order valence-corrected chi connectivity index (χ4v) is 5.33. The number of carboxylic acid groups (broad SMARTS) is 1. The highest BCUT2D eigenvalue weighted by atomic mass is 35.5. The molecule has 3 amide bonds. The van der Waals surface area contributed by atoms with Crippen LogP contribution in [0.2, 0.25) is 10.0 Å². The smallest absolute Gasteiger partial charge is 0.328 e. The third-order valence-electron chi connectivity index (χ3n) is 5.98. The van der Waals surface area contributed by atoms with E-state index in [1.165, 1.54) is 23.5 Å². The Balaban J connectivity index is 1.46. The van der Waals surface area contributed by atoms with Gasteiger partial charge in [0, 0.05) is 12.1 Å². The molecule has 0 aliphatic carbocycles. The van der Waals surface area contributed by atoms with Gasteiger partial charge in [0.1, 0.15) is 6.04 Å². The molecule has 4 aromatic rings. The van der Waals surface area contributed by atoms with Crippen LogP contribution in [0.3, 0.4) is 0 Å². The molecule has 0 aliphatic rings. The highest BCUT2D eigenvalue weighted by Gasteiger charge is 2.26. The third-order valence-corrected chi connectivity index (χ3v) is 7.45. The molecule has 4 rings (SSSR count). The number of hydrogen-bond donors (Lipinski definition) is 4. The largest absolute Gasteiger partial charge is 0.480 e. The number of carbonyl (C=O) groups excluding carboxylic acids is 3. The first-order valence-corrected chi connectivity index (χ1v) is 13.4. The molecule has 8 nitrogen and oxygen atoms in total. The van der Waals surface area contributed by atoms with E-state index in [2.05, 4.69) is 16.0 Å². The van der Waals surface area contributed by atoms with Crippen LogP contribution in [0, 0.1) is 0 Å². The quantitative estimate of drug-likeness (QED) is 0.212.